The van der Waals surface area contributed by atoms with Crippen molar-refractivity contribution < 1.29 is 29.1 Å². The quantitative estimate of drug-likeness (QED) is 0.229. The summed E-state index contributed by atoms with van der Waals surface area (Å²) in [4.78, 5) is 57.9. The van der Waals surface area contributed by atoms with Gasteiger partial charge >= 0.3 is 5.97 Å². The van der Waals surface area contributed by atoms with Gasteiger partial charge in [-0.05, 0) is 19.3 Å². The summed E-state index contributed by atoms with van der Waals surface area (Å²) >= 11 is 0. The minimum Gasteiger partial charge on any atom is -0.480 e. The maximum Gasteiger partial charge on any atom is 0.326 e. The molecule has 3 atom stereocenters. The van der Waals surface area contributed by atoms with Gasteiger partial charge in [-0.1, -0.05) is 13.8 Å². The van der Waals surface area contributed by atoms with Crippen LogP contribution in [-0.2, 0) is 24.0 Å². The molecule has 0 spiro atoms. The van der Waals surface area contributed by atoms with Gasteiger partial charge in [-0.2, -0.15) is 0 Å². The first-order valence-electron chi connectivity index (χ1n) is 8.10. The lowest BCUT2D eigenvalue weighted by atomic mass is 10.0. The summed E-state index contributed by atoms with van der Waals surface area (Å²) < 4.78 is 0. The van der Waals surface area contributed by atoms with Crippen molar-refractivity contribution in [2.24, 2.45) is 17.4 Å². The Balaban J connectivity index is 5.11. The van der Waals surface area contributed by atoms with Gasteiger partial charge in [0.05, 0.1) is 6.54 Å². The summed E-state index contributed by atoms with van der Waals surface area (Å²) in [7, 11) is 0. The molecule has 0 aromatic rings. The van der Waals surface area contributed by atoms with Gasteiger partial charge in [0.1, 0.15) is 18.1 Å². The van der Waals surface area contributed by atoms with E-state index in [1.54, 1.807) is 13.8 Å². The van der Waals surface area contributed by atoms with Crippen molar-refractivity contribution in [2.75, 3.05) is 6.54 Å². The molecule has 11 heteroatoms. The average molecular weight is 373 g/mol. The second kappa shape index (κ2) is 11.0. The van der Waals surface area contributed by atoms with Crippen LogP contribution < -0.4 is 27.4 Å². The van der Waals surface area contributed by atoms with Crippen LogP contribution in [0, 0.1) is 5.92 Å². The molecule has 8 N–H and O–H groups in total. The molecule has 148 valence electrons. The number of nitrogens with one attached hydrogen (secondary N) is 3. The number of aliphatic carboxylic acids is 1. The number of primary amides is 1. The molecule has 0 aromatic heterocycles. The fraction of sp³-hybridized carbons (Fsp3) is 0.667. The highest BCUT2D eigenvalue weighted by molar-refractivity contribution is 5.93. The molecule has 0 rings (SSSR count). The number of rotatable bonds is 11. The molecule has 11 nitrogen and oxygen atoms in total. The third-order valence-electron chi connectivity index (χ3n) is 3.50. The van der Waals surface area contributed by atoms with E-state index in [1.165, 1.54) is 6.92 Å². The van der Waals surface area contributed by atoms with Gasteiger partial charge < -0.3 is 32.5 Å². The lowest BCUT2D eigenvalue weighted by Crippen LogP contribution is -2.56. The van der Waals surface area contributed by atoms with Gasteiger partial charge in [-0.3, -0.25) is 19.2 Å². The van der Waals surface area contributed by atoms with Crippen molar-refractivity contribution >= 4 is 29.6 Å². The van der Waals surface area contributed by atoms with Crippen LogP contribution in [-0.4, -0.2) is 59.4 Å². The van der Waals surface area contributed by atoms with Gasteiger partial charge in [0.15, 0.2) is 0 Å². The Labute approximate surface area is 151 Å². The zero-order valence-electron chi connectivity index (χ0n) is 15.1. The molecule has 0 aliphatic heterocycles. The molecule has 0 aliphatic rings. The molecule has 0 saturated heterocycles. The number of carbonyl (C=O) groups is 5. The highest BCUT2D eigenvalue weighted by atomic mass is 16.4. The molecule has 0 fully saturated rings. The minimum atomic E-state index is -1.23. The van der Waals surface area contributed by atoms with E-state index in [4.69, 9.17) is 16.6 Å². The van der Waals surface area contributed by atoms with E-state index in [-0.39, 0.29) is 19.4 Å². The number of carboxylic acid groups (broad SMARTS) is 1. The normalized spacial score (nSPS) is 14.0. The molecular weight excluding hydrogens is 346 g/mol. The molecule has 0 radical (unpaired) electrons. The van der Waals surface area contributed by atoms with E-state index in [1.807, 2.05) is 0 Å². The Morgan fingerprint density at radius 2 is 1.54 bits per heavy atom. The van der Waals surface area contributed by atoms with E-state index in [0.717, 1.165) is 0 Å². The zero-order valence-corrected chi connectivity index (χ0v) is 15.1. The molecule has 3 unspecified atom stereocenters. The number of hydrogen-bond acceptors (Lipinski definition) is 6. The zero-order chi connectivity index (χ0) is 20.4. The first-order valence-corrected chi connectivity index (χ1v) is 8.10. The van der Waals surface area contributed by atoms with Crippen LogP contribution in [0.5, 0.6) is 0 Å². The number of nitrogens with two attached hydrogens (primary N) is 2. The second-order valence-electron chi connectivity index (χ2n) is 6.13. The lowest BCUT2D eigenvalue weighted by molar-refractivity contribution is -0.143. The maximum absolute atomic E-state index is 12.4. The van der Waals surface area contributed by atoms with Crippen molar-refractivity contribution in [3.05, 3.63) is 0 Å². The average Bonchev–Trinajstić information content (AvgIpc) is 2.54. The second-order valence-corrected chi connectivity index (χ2v) is 6.13. The summed E-state index contributed by atoms with van der Waals surface area (Å²) in [5, 5.41) is 16.2. The number of carbonyl (C=O) groups excluding carboxylic acids is 4. The maximum atomic E-state index is 12.4. The minimum absolute atomic E-state index is 0.116. The molecule has 4 amide bonds. The largest absolute Gasteiger partial charge is 0.480 e. The molecular formula is C15H27N5O6. The van der Waals surface area contributed by atoms with Crippen LogP contribution >= 0.6 is 0 Å². The number of hydrogen-bond donors (Lipinski definition) is 6. The molecule has 0 heterocycles. The highest BCUT2D eigenvalue weighted by Gasteiger charge is 2.29. The summed E-state index contributed by atoms with van der Waals surface area (Å²) in [6, 6.07) is -3.33. The predicted molar refractivity (Wildman–Crippen MR) is 91.4 cm³/mol. The Morgan fingerprint density at radius 3 is 1.96 bits per heavy atom. The van der Waals surface area contributed by atoms with E-state index in [9.17, 15) is 24.0 Å². The van der Waals surface area contributed by atoms with Crippen LogP contribution in [0.1, 0.15) is 33.6 Å². The van der Waals surface area contributed by atoms with Crippen LogP contribution in [0.4, 0.5) is 0 Å². The van der Waals surface area contributed by atoms with Crippen molar-refractivity contribution in [3.8, 4) is 0 Å². The summed E-state index contributed by atoms with van der Waals surface area (Å²) in [6.07, 6.45) is -0.309. The summed E-state index contributed by atoms with van der Waals surface area (Å²) in [6.45, 7) is 4.30. The van der Waals surface area contributed by atoms with Crippen LogP contribution in [0.3, 0.4) is 0 Å². The van der Waals surface area contributed by atoms with E-state index in [2.05, 4.69) is 16.0 Å². The number of carboxylic acids is 1. The van der Waals surface area contributed by atoms with Crippen LogP contribution in [0.15, 0.2) is 0 Å². The Bertz CT molecular complexity index is 551. The van der Waals surface area contributed by atoms with Crippen molar-refractivity contribution in [1.82, 2.24) is 16.0 Å². The van der Waals surface area contributed by atoms with E-state index in [0.29, 0.717) is 0 Å². The molecule has 0 aliphatic carbocycles. The van der Waals surface area contributed by atoms with Crippen molar-refractivity contribution in [3.63, 3.8) is 0 Å². The SMILES string of the molecule is CC(NC(=O)CN)C(=O)NC(CCC(N)=O)C(=O)NC(C(=O)O)C(C)C. The van der Waals surface area contributed by atoms with Gasteiger partial charge in [0.25, 0.3) is 0 Å². The van der Waals surface area contributed by atoms with Crippen LogP contribution in [0.2, 0.25) is 0 Å². The van der Waals surface area contributed by atoms with Gasteiger partial charge in [0.2, 0.25) is 23.6 Å². The standard InChI is InChI=1S/C15H27N5O6/c1-7(2)12(15(25)26)20-14(24)9(4-5-10(17)21)19-13(23)8(3)18-11(22)6-16/h7-9,12H,4-6,16H2,1-3H3,(H2,17,21)(H,18,22)(H,19,23)(H,20,24)(H,25,26). The highest BCUT2D eigenvalue weighted by Crippen LogP contribution is 2.05. The Kier molecular flexibility index (Phi) is 9.89. The summed E-state index contributed by atoms with van der Waals surface area (Å²) in [5.41, 5.74) is 10.2. The van der Waals surface area contributed by atoms with Gasteiger partial charge in [-0.15, -0.1) is 0 Å². The first kappa shape index (κ1) is 23.3. The first-order chi connectivity index (χ1) is 12.0. The third kappa shape index (κ3) is 8.42. The topological polar surface area (TPSA) is 194 Å². The predicted octanol–water partition coefficient (Wildman–Crippen LogP) is -2.57. The van der Waals surface area contributed by atoms with Crippen LogP contribution in [0.25, 0.3) is 0 Å². The monoisotopic (exact) mass is 373 g/mol. The van der Waals surface area contributed by atoms with Gasteiger partial charge in [-0.25, -0.2) is 4.79 Å². The van der Waals surface area contributed by atoms with E-state index < -0.39 is 53.6 Å². The Hall–Kier alpha value is -2.69. The van der Waals surface area contributed by atoms with Gasteiger partial charge in [0, 0.05) is 6.42 Å². The van der Waals surface area contributed by atoms with E-state index >= 15 is 0 Å². The molecule has 0 aromatic carbocycles. The Morgan fingerprint density at radius 1 is 0.962 bits per heavy atom. The third-order valence-corrected chi connectivity index (χ3v) is 3.50. The molecule has 0 bridgehead atoms. The lowest BCUT2D eigenvalue weighted by Gasteiger charge is -2.24. The van der Waals surface area contributed by atoms with Crippen molar-refractivity contribution in [2.45, 2.75) is 51.7 Å². The number of amides is 4. The molecule has 0 saturated carbocycles. The smallest absolute Gasteiger partial charge is 0.326 e. The fourth-order valence-corrected chi connectivity index (χ4v) is 1.99. The molecule has 26 heavy (non-hydrogen) atoms. The van der Waals surface area contributed by atoms with Crippen molar-refractivity contribution in [1.29, 1.82) is 0 Å². The fourth-order valence-electron chi connectivity index (χ4n) is 1.99. The summed E-state index contributed by atoms with van der Waals surface area (Å²) in [5.74, 6) is -4.31.